The number of nitrogens with zero attached hydrogens (tertiary/aromatic N) is 1. The fourth-order valence-electron chi connectivity index (χ4n) is 1.40. The minimum absolute atomic E-state index is 0.1000. The first kappa shape index (κ1) is 10.7. The van der Waals surface area contributed by atoms with E-state index in [1.54, 1.807) is 12.4 Å². The van der Waals surface area contributed by atoms with Crippen molar-refractivity contribution in [1.29, 1.82) is 0 Å². The quantitative estimate of drug-likeness (QED) is 0.853. The third kappa shape index (κ3) is 3.06. The van der Waals surface area contributed by atoms with Crippen molar-refractivity contribution in [1.82, 2.24) is 4.98 Å². The standard InChI is InChI=1S/C10H13ClN2O2/c11-9-6-12-2-1-10(9)13-5-8-7-14-3-4-15-8/h1-2,6,8H,3-5,7H2,(H,12,13). The normalized spacial score (nSPS) is 21.3. The van der Waals surface area contributed by atoms with Crippen LogP contribution in [0.4, 0.5) is 5.69 Å². The maximum atomic E-state index is 5.94. The van der Waals surface area contributed by atoms with E-state index in [0.717, 1.165) is 5.69 Å². The van der Waals surface area contributed by atoms with Gasteiger partial charge in [0.2, 0.25) is 0 Å². The summed E-state index contributed by atoms with van der Waals surface area (Å²) in [7, 11) is 0. The average molecular weight is 229 g/mol. The fraction of sp³-hybridized carbons (Fsp3) is 0.500. The molecule has 1 aliphatic heterocycles. The zero-order valence-electron chi connectivity index (χ0n) is 8.28. The summed E-state index contributed by atoms with van der Waals surface area (Å²) in [5.74, 6) is 0. The monoisotopic (exact) mass is 228 g/mol. The summed E-state index contributed by atoms with van der Waals surface area (Å²) >= 11 is 5.94. The van der Waals surface area contributed by atoms with Gasteiger partial charge < -0.3 is 14.8 Å². The molecule has 0 radical (unpaired) electrons. The van der Waals surface area contributed by atoms with Gasteiger partial charge in [-0.3, -0.25) is 4.98 Å². The third-order valence-corrected chi connectivity index (χ3v) is 2.48. The van der Waals surface area contributed by atoms with Gasteiger partial charge in [0.05, 0.1) is 36.6 Å². The summed E-state index contributed by atoms with van der Waals surface area (Å²) in [6, 6.07) is 1.84. The predicted octanol–water partition coefficient (Wildman–Crippen LogP) is 1.56. The van der Waals surface area contributed by atoms with Crippen molar-refractivity contribution in [2.75, 3.05) is 31.7 Å². The lowest BCUT2D eigenvalue weighted by Crippen LogP contribution is -2.34. The first-order valence-electron chi connectivity index (χ1n) is 4.89. The van der Waals surface area contributed by atoms with Gasteiger partial charge in [-0.1, -0.05) is 11.6 Å². The molecule has 0 aromatic carbocycles. The summed E-state index contributed by atoms with van der Waals surface area (Å²) in [5.41, 5.74) is 0.876. The number of nitrogens with one attached hydrogen (secondary N) is 1. The summed E-state index contributed by atoms with van der Waals surface area (Å²) in [5, 5.41) is 3.83. The lowest BCUT2D eigenvalue weighted by Gasteiger charge is -2.23. The number of hydrogen-bond acceptors (Lipinski definition) is 4. The average Bonchev–Trinajstić information content (AvgIpc) is 2.29. The highest BCUT2D eigenvalue weighted by atomic mass is 35.5. The molecule has 82 valence electrons. The Kier molecular flexibility index (Phi) is 3.77. The predicted molar refractivity (Wildman–Crippen MR) is 58.3 cm³/mol. The topological polar surface area (TPSA) is 43.4 Å². The number of anilines is 1. The Bertz CT molecular complexity index is 316. The highest BCUT2D eigenvalue weighted by molar-refractivity contribution is 6.33. The van der Waals surface area contributed by atoms with Crippen LogP contribution in [0.25, 0.3) is 0 Å². The SMILES string of the molecule is Clc1cnccc1NCC1COCCO1. The molecule has 1 aromatic heterocycles. The molecule has 5 heteroatoms. The molecule has 0 aliphatic carbocycles. The number of rotatable bonds is 3. The summed E-state index contributed by atoms with van der Waals surface area (Å²) in [6.45, 7) is 2.68. The van der Waals surface area contributed by atoms with Gasteiger partial charge in [0.1, 0.15) is 0 Å². The van der Waals surface area contributed by atoms with E-state index < -0.39 is 0 Å². The summed E-state index contributed by atoms with van der Waals surface area (Å²) < 4.78 is 10.8. The van der Waals surface area contributed by atoms with E-state index in [1.165, 1.54) is 0 Å². The molecule has 15 heavy (non-hydrogen) atoms. The van der Waals surface area contributed by atoms with E-state index in [1.807, 2.05) is 6.07 Å². The van der Waals surface area contributed by atoms with Gasteiger partial charge in [0, 0.05) is 18.9 Å². The van der Waals surface area contributed by atoms with Gasteiger partial charge >= 0.3 is 0 Å². The van der Waals surface area contributed by atoms with Crippen LogP contribution >= 0.6 is 11.6 Å². The Hall–Kier alpha value is -0.840. The first-order valence-corrected chi connectivity index (χ1v) is 5.27. The Morgan fingerprint density at radius 3 is 3.20 bits per heavy atom. The van der Waals surface area contributed by atoms with Crippen LogP contribution < -0.4 is 5.32 Å². The van der Waals surface area contributed by atoms with Gasteiger partial charge in [-0.25, -0.2) is 0 Å². The van der Waals surface area contributed by atoms with Crippen LogP contribution in [0.15, 0.2) is 18.5 Å². The molecule has 0 amide bonds. The maximum Gasteiger partial charge on any atom is 0.0981 e. The molecule has 1 unspecified atom stereocenters. The first-order chi connectivity index (χ1) is 7.36. The number of pyridine rings is 1. The highest BCUT2D eigenvalue weighted by Gasteiger charge is 2.14. The Balaban J connectivity index is 1.84. The molecule has 4 nitrogen and oxygen atoms in total. The van der Waals surface area contributed by atoms with Crippen LogP contribution in [-0.2, 0) is 9.47 Å². The van der Waals surface area contributed by atoms with Gasteiger partial charge in [-0.2, -0.15) is 0 Å². The molecule has 1 N–H and O–H groups in total. The Morgan fingerprint density at radius 1 is 1.53 bits per heavy atom. The van der Waals surface area contributed by atoms with E-state index in [9.17, 15) is 0 Å². The van der Waals surface area contributed by atoms with Crippen molar-refractivity contribution in [2.45, 2.75) is 6.10 Å². The second-order valence-electron chi connectivity index (χ2n) is 3.30. The molecule has 1 aliphatic rings. The molecular weight excluding hydrogens is 216 g/mol. The van der Waals surface area contributed by atoms with Gasteiger partial charge in [-0.05, 0) is 6.07 Å². The van der Waals surface area contributed by atoms with Crippen LogP contribution in [-0.4, -0.2) is 37.5 Å². The Labute approximate surface area is 93.6 Å². The smallest absolute Gasteiger partial charge is 0.0981 e. The molecule has 1 fully saturated rings. The van der Waals surface area contributed by atoms with E-state index >= 15 is 0 Å². The number of halogens is 1. The van der Waals surface area contributed by atoms with Crippen molar-refractivity contribution < 1.29 is 9.47 Å². The van der Waals surface area contributed by atoms with E-state index in [2.05, 4.69) is 10.3 Å². The zero-order chi connectivity index (χ0) is 10.5. The zero-order valence-corrected chi connectivity index (χ0v) is 9.04. The second-order valence-corrected chi connectivity index (χ2v) is 3.71. The van der Waals surface area contributed by atoms with Crippen LogP contribution in [0.2, 0.25) is 5.02 Å². The molecule has 1 atom stereocenters. The summed E-state index contributed by atoms with van der Waals surface area (Å²) in [4.78, 5) is 3.91. The van der Waals surface area contributed by atoms with E-state index in [4.69, 9.17) is 21.1 Å². The van der Waals surface area contributed by atoms with Crippen molar-refractivity contribution in [3.8, 4) is 0 Å². The van der Waals surface area contributed by atoms with Gasteiger partial charge in [0.15, 0.2) is 0 Å². The third-order valence-electron chi connectivity index (χ3n) is 2.18. The Morgan fingerprint density at radius 2 is 2.47 bits per heavy atom. The molecule has 2 heterocycles. The molecule has 1 aromatic rings. The van der Waals surface area contributed by atoms with Crippen LogP contribution in [0.1, 0.15) is 0 Å². The fourth-order valence-corrected chi connectivity index (χ4v) is 1.58. The van der Waals surface area contributed by atoms with Crippen molar-refractivity contribution in [3.05, 3.63) is 23.5 Å². The molecule has 2 rings (SSSR count). The second kappa shape index (κ2) is 5.30. The number of hydrogen-bond donors (Lipinski definition) is 1. The molecule has 0 bridgehead atoms. The van der Waals surface area contributed by atoms with Crippen molar-refractivity contribution in [3.63, 3.8) is 0 Å². The summed E-state index contributed by atoms with van der Waals surface area (Å²) in [6.07, 6.45) is 3.41. The molecule has 0 spiro atoms. The number of aromatic nitrogens is 1. The van der Waals surface area contributed by atoms with Crippen molar-refractivity contribution >= 4 is 17.3 Å². The minimum Gasteiger partial charge on any atom is -0.381 e. The highest BCUT2D eigenvalue weighted by Crippen LogP contribution is 2.19. The van der Waals surface area contributed by atoms with Crippen LogP contribution in [0, 0.1) is 0 Å². The van der Waals surface area contributed by atoms with E-state index in [-0.39, 0.29) is 6.10 Å². The lowest BCUT2D eigenvalue weighted by molar-refractivity contribution is -0.0818. The largest absolute Gasteiger partial charge is 0.381 e. The maximum absolute atomic E-state index is 5.94. The van der Waals surface area contributed by atoms with Crippen LogP contribution in [0.5, 0.6) is 0 Å². The number of ether oxygens (including phenoxy) is 2. The van der Waals surface area contributed by atoms with E-state index in [0.29, 0.717) is 31.4 Å². The van der Waals surface area contributed by atoms with Gasteiger partial charge in [0.25, 0.3) is 0 Å². The van der Waals surface area contributed by atoms with Crippen LogP contribution in [0.3, 0.4) is 0 Å². The van der Waals surface area contributed by atoms with Crippen molar-refractivity contribution in [2.24, 2.45) is 0 Å². The molecule has 0 saturated carbocycles. The van der Waals surface area contributed by atoms with Gasteiger partial charge in [-0.15, -0.1) is 0 Å². The molecule has 1 saturated heterocycles. The minimum atomic E-state index is 0.1000. The molecular formula is C10H13ClN2O2. The lowest BCUT2D eigenvalue weighted by atomic mass is 10.3.